The molecule has 3 rings (SSSR count). The van der Waals surface area contributed by atoms with E-state index in [1.807, 2.05) is 55.5 Å². The van der Waals surface area contributed by atoms with E-state index < -0.39 is 5.97 Å². The summed E-state index contributed by atoms with van der Waals surface area (Å²) in [6.07, 6.45) is 3.67. The zero-order valence-corrected chi connectivity index (χ0v) is 13.4. The molecular weight excluding hydrogens is 300 g/mol. The van der Waals surface area contributed by atoms with Crippen LogP contribution in [0.1, 0.15) is 22.8 Å². The van der Waals surface area contributed by atoms with E-state index in [9.17, 15) is 9.90 Å². The highest BCUT2D eigenvalue weighted by Crippen LogP contribution is 2.21. The lowest BCUT2D eigenvalue weighted by Gasteiger charge is -2.10. The predicted molar refractivity (Wildman–Crippen MR) is 97.3 cm³/mol. The van der Waals surface area contributed by atoms with E-state index in [0.29, 0.717) is 17.7 Å². The third-order valence-corrected chi connectivity index (χ3v) is 3.78. The summed E-state index contributed by atoms with van der Waals surface area (Å²) < 4.78 is 0. The topological polar surface area (TPSA) is 62.2 Å². The summed E-state index contributed by atoms with van der Waals surface area (Å²) in [6.45, 7) is 2.59. The monoisotopic (exact) mass is 318 g/mol. The van der Waals surface area contributed by atoms with E-state index in [2.05, 4.69) is 10.3 Å². The molecule has 0 saturated carbocycles. The molecule has 4 heteroatoms. The number of carboxylic acids is 1. The van der Waals surface area contributed by atoms with Gasteiger partial charge in [-0.05, 0) is 30.7 Å². The van der Waals surface area contributed by atoms with Gasteiger partial charge < -0.3 is 10.4 Å². The van der Waals surface area contributed by atoms with Gasteiger partial charge in [0.2, 0.25) is 0 Å². The van der Waals surface area contributed by atoms with Crippen molar-refractivity contribution in [3.8, 4) is 0 Å². The molecule has 0 aliphatic rings. The highest BCUT2D eigenvalue weighted by atomic mass is 16.4. The molecule has 0 radical (unpaired) electrons. The van der Waals surface area contributed by atoms with Crippen molar-refractivity contribution in [2.75, 3.05) is 11.9 Å². The normalized spacial score (nSPS) is 11.5. The highest BCUT2D eigenvalue weighted by molar-refractivity contribution is 5.92. The van der Waals surface area contributed by atoms with E-state index in [-0.39, 0.29) is 0 Å². The fourth-order valence-corrected chi connectivity index (χ4v) is 2.62. The average molecular weight is 318 g/mol. The lowest BCUT2D eigenvalue weighted by Crippen LogP contribution is -2.04. The van der Waals surface area contributed by atoms with Crippen molar-refractivity contribution < 1.29 is 9.90 Å². The largest absolute Gasteiger partial charge is 0.478 e. The number of nitrogens with zero attached hydrogens (tertiary/aromatic N) is 1. The van der Waals surface area contributed by atoms with Gasteiger partial charge in [-0.15, -0.1) is 0 Å². The molecule has 0 unspecified atom stereocenters. The van der Waals surface area contributed by atoms with Crippen molar-refractivity contribution in [1.82, 2.24) is 4.98 Å². The molecule has 0 spiro atoms. The Hall–Kier alpha value is -3.14. The van der Waals surface area contributed by atoms with Crippen molar-refractivity contribution in [1.29, 1.82) is 0 Å². The number of hydrogen-bond donors (Lipinski definition) is 2. The maximum absolute atomic E-state index is 11.3. The summed E-state index contributed by atoms with van der Waals surface area (Å²) in [6, 6.07) is 17.0. The second-order valence-electron chi connectivity index (χ2n) is 5.62. The molecule has 1 aromatic heterocycles. The van der Waals surface area contributed by atoms with Crippen LogP contribution in [0.5, 0.6) is 0 Å². The number of rotatable bonds is 5. The van der Waals surface area contributed by atoms with Gasteiger partial charge in [-0.1, -0.05) is 48.0 Å². The number of nitrogens with one attached hydrogen (secondary N) is 1. The lowest BCUT2D eigenvalue weighted by atomic mass is 10.0. The van der Waals surface area contributed by atoms with Gasteiger partial charge in [-0.25, -0.2) is 4.79 Å². The van der Waals surface area contributed by atoms with Crippen molar-refractivity contribution >= 4 is 28.6 Å². The van der Waals surface area contributed by atoms with Crippen LogP contribution >= 0.6 is 0 Å². The van der Waals surface area contributed by atoms with Crippen molar-refractivity contribution in [3.05, 3.63) is 77.5 Å². The van der Waals surface area contributed by atoms with Gasteiger partial charge in [0.15, 0.2) is 0 Å². The van der Waals surface area contributed by atoms with Crippen LogP contribution in [0.15, 0.2) is 66.4 Å². The SMILES string of the molecule is CC(=Cc1ccccc1C(=O)O)CNc1cccc2cccnc12. The number of aromatic carboxylic acids is 1. The molecule has 1 heterocycles. The van der Waals surface area contributed by atoms with Gasteiger partial charge in [-0.2, -0.15) is 0 Å². The van der Waals surface area contributed by atoms with E-state index in [1.54, 1.807) is 18.3 Å². The van der Waals surface area contributed by atoms with Gasteiger partial charge in [0, 0.05) is 18.1 Å². The maximum atomic E-state index is 11.3. The Morgan fingerprint density at radius 2 is 1.92 bits per heavy atom. The third kappa shape index (κ3) is 3.43. The standard InChI is InChI=1S/C20H18N2O2/c1-14(12-16-6-2-3-9-17(16)20(23)24)13-22-18-10-4-7-15-8-5-11-21-19(15)18/h2-12,22H,13H2,1H3,(H,23,24). The number of benzene rings is 2. The van der Waals surface area contributed by atoms with E-state index in [0.717, 1.165) is 22.2 Å². The van der Waals surface area contributed by atoms with Crippen LogP contribution in [-0.2, 0) is 0 Å². The molecule has 0 atom stereocenters. The Bertz CT molecular complexity index is 911. The Labute approximate surface area is 140 Å². The van der Waals surface area contributed by atoms with Gasteiger partial charge in [0.1, 0.15) is 0 Å². The summed E-state index contributed by atoms with van der Waals surface area (Å²) in [5.74, 6) is -0.916. The van der Waals surface area contributed by atoms with Crippen LogP contribution in [0.3, 0.4) is 0 Å². The fraction of sp³-hybridized carbons (Fsp3) is 0.100. The minimum absolute atomic E-state index is 0.309. The van der Waals surface area contributed by atoms with Crippen molar-refractivity contribution in [2.24, 2.45) is 0 Å². The summed E-state index contributed by atoms with van der Waals surface area (Å²) in [5.41, 5.74) is 3.95. The Morgan fingerprint density at radius 3 is 2.75 bits per heavy atom. The Morgan fingerprint density at radius 1 is 1.12 bits per heavy atom. The first-order valence-electron chi connectivity index (χ1n) is 7.72. The Kier molecular flexibility index (Phi) is 4.57. The molecular formula is C20H18N2O2. The first-order valence-corrected chi connectivity index (χ1v) is 7.72. The number of anilines is 1. The van der Waals surface area contributed by atoms with Crippen LogP contribution in [-0.4, -0.2) is 22.6 Å². The summed E-state index contributed by atoms with van der Waals surface area (Å²) in [5, 5.41) is 13.7. The number of hydrogen-bond acceptors (Lipinski definition) is 3. The van der Waals surface area contributed by atoms with Gasteiger partial charge in [0.25, 0.3) is 0 Å². The minimum Gasteiger partial charge on any atom is -0.478 e. The molecule has 4 nitrogen and oxygen atoms in total. The molecule has 3 aromatic rings. The molecule has 24 heavy (non-hydrogen) atoms. The zero-order valence-electron chi connectivity index (χ0n) is 13.4. The number of para-hydroxylation sites is 1. The molecule has 0 amide bonds. The van der Waals surface area contributed by atoms with Crippen LogP contribution in [0.25, 0.3) is 17.0 Å². The average Bonchev–Trinajstić information content (AvgIpc) is 2.60. The van der Waals surface area contributed by atoms with Crippen LogP contribution < -0.4 is 5.32 Å². The number of aromatic nitrogens is 1. The van der Waals surface area contributed by atoms with Gasteiger partial charge in [0.05, 0.1) is 16.8 Å². The maximum Gasteiger partial charge on any atom is 0.336 e. The fourth-order valence-electron chi connectivity index (χ4n) is 2.62. The molecule has 0 aliphatic heterocycles. The smallest absolute Gasteiger partial charge is 0.336 e. The summed E-state index contributed by atoms with van der Waals surface area (Å²) >= 11 is 0. The molecule has 0 bridgehead atoms. The molecule has 0 aliphatic carbocycles. The van der Waals surface area contributed by atoms with Crippen molar-refractivity contribution in [3.63, 3.8) is 0 Å². The second-order valence-corrected chi connectivity index (χ2v) is 5.62. The quantitative estimate of drug-likeness (QED) is 0.729. The van der Waals surface area contributed by atoms with Crippen LogP contribution in [0, 0.1) is 0 Å². The first kappa shape index (κ1) is 15.7. The molecule has 120 valence electrons. The minimum atomic E-state index is -0.916. The molecule has 2 aromatic carbocycles. The van der Waals surface area contributed by atoms with E-state index in [1.165, 1.54) is 0 Å². The van der Waals surface area contributed by atoms with Crippen LogP contribution in [0.4, 0.5) is 5.69 Å². The number of carbonyl (C=O) groups is 1. The third-order valence-electron chi connectivity index (χ3n) is 3.78. The van der Waals surface area contributed by atoms with Gasteiger partial charge >= 0.3 is 5.97 Å². The lowest BCUT2D eigenvalue weighted by molar-refractivity contribution is 0.0696. The zero-order chi connectivity index (χ0) is 16.9. The molecule has 2 N–H and O–H groups in total. The molecule has 0 fully saturated rings. The van der Waals surface area contributed by atoms with Gasteiger partial charge in [-0.3, -0.25) is 4.98 Å². The number of pyridine rings is 1. The number of fused-ring (bicyclic) bond motifs is 1. The van der Waals surface area contributed by atoms with Crippen molar-refractivity contribution in [2.45, 2.75) is 6.92 Å². The van der Waals surface area contributed by atoms with Crippen LogP contribution in [0.2, 0.25) is 0 Å². The second kappa shape index (κ2) is 6.96. The summed E-state index contributed by atoms with van der Waals surface area (Å²) in [7, 11) is 0. The summed E-state index contributed by atoms with van der Waals surface area (Å²) in [4.78, 5) is 15.7. The predicted octanol–water partition coefficient (Wildman–Crippen LogP) is 4.45. The van der Waals surface area contributed by atoms with E-state index >= 15 is 0 Å². The highest BCUT2D eigenvalue weighted by Gasteiger charge is 2.07. The first-order chi connectivity index (χ1) is 11.6. The number of carboxylic acid groups (broad SMARTS) is 1. The molecule has 0 saturated heterocycles. The van der Waals surface area contributed by atoms with E-state index in [4.69, 9.17) is 0 Å². The Balaban J connectivity index is 1.80.